The second kappa shape index (κ2) is 5.01. The van der Waals surface area contributed by atoms with E-state index in [1.807, 2.05) is 6.92 Å². The molecule has 1 fully saturated rings. The fourth-order valence-electron chi connectivity index (χ4n) is 1.89. The summed E-state index contributed by atoms with van der Waals surface area (Å²) >= 11 is 3.10. The summed E-state index contributed by atoms with van der Waals surface area (Å²) in [5.74, 6) is 0. The van der Waals surface area contributed by atoms with Crippen LogP contribution in [0.1, 0.15) is 31.6 Å². The molecular weight excluding hydrogens is 288 g/mol. The molecule has 0 aromatic carbocycles. The smallest absolute Gasteiger partial charge is 0.330 e. The molecule has 0 bridgehead atoms. The van der Waals surface area contributed by atoms with Crippen molar-refractivity contribution in [2.24, 2.45) is 0 Å². The van der Waals surface area contributed by atoms with E-state index in [9.17, 15) is 9.59 Å². The Morgan fingerprint density at radius 1 is 1.53 bits per heavy atom. The van der Waals surface area contributed by atoms with E-state index >= 15 is 0 Å². The predicted molar refractivity (Wildman–Crippen MR) is 68.1 cm³/mol. The zero-order valence-electron chi connectivity index (χ0n) is 9.35. The highest BCUT2D eigenvalue weighted by molar-refractivity contribution is 9.11. The SMILES string of the molecule is CC1CCC(n2cc(/C=C/Br)c(=O)[nH]c2=O)O1. The average molecular weight is 301 g/mol. The zero-order chi connectivity index (χ0) is 12.4. The lowest BCUT2D eigenvalue weighted by Gasteiger charge is -2.14. The molecule has 1 aromatic heterocycles. The molecule has 6 heteroatoms. The molecule has 1 aromatic rings. The zero-order valence-corrected chi connectivity index (χ0v) is 10.9. The highest BCUT2D eigenvalue weighted by atomic mass is 79.9. The van der Waals surface area contributed by atoms with Crippen LogP contribution in [0.15, 0.2) is 20.8 Å². The minimum Gasteiger partial charge on any atom is -0.355 e. The van der Waals surface area contributed by atoms with Crippen LogP contribution in [0.5, 0.6) is 0 Å². The number of aromatic amines is 1. The molecule has 2 rings (SSSR count). The fraction of sp³-hybridized carbons (Fsp3) is 0.455. The summed E-state index contributed by atoms with van der Waals surface area (Å²) in [5, 5.41) is 0. The van der Waals surface area contributed by atoms with Gasteiger partial charge in [0.2, 0.25) is 0 Å². The molecular formula is C11H13BrN2O3. The van der Waals surface area contributed by atoms with Crippen LogP contribution in [0, 0.1) is 0 Å². The molecule has 1 N–H and O–H groups in total. The van der Waals surface area contributed by atoms with Crippen molar-refractivity contribution in [2.45, 2.75) is 32.1 Å². The van der Waals surface area contributed by atoms with E-state index in [4.69, 9.17) is 4.74 Å². The van der Waals surface area contributed by atoms with Crippen molar-refractivity contribution in [3.8, 4) is 0 Å². The molecule has 5 nitrogen and oxygen atoms in total. The summed E-state index contributed by atoms with van der Waals surface area (Å²) in [6.45, 7) is 1.97. The summed E-state index contributed by atoms with van der Waals surface area (Å²) < 4.78 is 7.04. The normalized spacial score (nSPS) is 24.6. The molecule has 1 aliphatic heterocycles. The highest BCUT2D eigenvalue weighted by Gasteiger charge is 2.24. The molecule has 2 unspecified atom stereocenters. The van der Waals surface area contributed by atoms with Gasteiger partial charge in [-0.05, 0) is 30.8 Å². The Morgan fingerprint density at radius 3 is 2.88 bits per heavy atom. The molecule has 17 heavy (non-hydrogen) atoms. The summed E-state index contributed by atoms with van der Waals surface area (Å²) in [4.78, 5) is 27.0. The average Bonchev–Trinajstić information content (AvgIpc) is 2.69. The largest absolute Gasteiger partial charge is 0.355 e. The Morgan fingerprint density at radius 2 is 2.29 bits per heavy atom. The number of aromatic nitrogens is 2. The van der Waals surface area contributed by atoms with E-state index < -0.39 is 11.2 Å². The molecule has 0 saturated carbocycles. The van der Waals surface area contributed by atoms with Crippen molar-refractivity contribution in [3.63, 3.8) is 0 Å². The van der Waals surface area contributed by atoms with E-state index in [1.165, 1.54) is 10.8 Å². The number of nitrogens with zero attached hydrogens (tertiary/aromatic N) is 1. The standard InChI is InChI=1S/C11H13BrN2O3/c1-7-2-3-9(17-7)14-6-8(4-5-12)10(15)13-11(14)16/h4-7,9H,2-3H2,1H3,(H,13,15,16)/b5-4+. The first kappa shape index (κ1) is 12.3. The van der Waals surface area contributed by atoms with E-state index in [2.05, 4.69) is 20.9 Å². The van der Waals surface area contributed by atoms with Gasteiger partial charge in [0.15, 0.2) is 0 Å². The van der Waals surface area contributed by atoms with Gasteiger partial charge in [0.05, 0.1) is 11.7 Å². The summed E-state index contributed by atoms with van der Waals surface area (Å²) in [5.41, 5.74) is -0.404. The molecule has 2 atom stereocenters. The van der Waals surface area contributed by atoms with Crippen LogP contribution in [-0.4, -0.2) is 15.7 Å². The molecule has 1 aliphatic rings. The second-order valence-electron chi connectivity index (χ2n) is 4.02. The highest BCUT2D eigenvalue weighted by Crippen LogP contribution is 2.26. The van der Waals surface area contributed by atoms with E-state index in [-0.39, 0.29) is 12.3 Å². The van der Waals surface area contributed by atoms with Gasteiger partial charge in [0, 0.05) is 6.20 Å². The Labute approximate surface area is 106 Å². The van der Waals surface area contributed by atoms with Crippen molar-refractivity contribution in [2.75, 3.05) is 0 Å². The van der Waals surface area contributed by atoms with Crippen LogP contribution < -0.4 is 11.2 Å². The Kier molecular flexibility index (Phi) is 3.63. The quantitative estimate of drug-likeness (QED) is 0.902. The maximum atomic E-state index is 11.7. The third-order valence-corrected chi connectivity index (χ3v) is 3.02. The third-order valence-electron chi connectivity index (χ3n) is 2.76. The molecule has 2 heterocycles. The van der Waals surface area contributed by atoms with Crippen LogP contribution >= 0.6 is 15.9 Å². The van der Waals surface area contributed by atoms with Crippen LogP contribution in [0.4, 0.5) is 0 Å². The lowest BCUT2D eigenvalue weighted by atomic mass is 10.2. The summed E-state index contributed by atoms with van der Waals surface area (Å²) in [7, 11) is 0. The minimum atomic E-state index is -0.430. The predicted octanol–water partition coefficient (Wildman–Crippen LogP) is 1.60. The molecule has 92 valence electrons. The van der Waals surface area contributed by atoms with Gasteiger partial charge in [0.25, 0.3) is 5.56 Å². The first-order chi connectivity index (χ1) is 8.11. The summed E-state index contributed by atoms with van der Waals surface area (Å²) in [6.07, 6.45) is 4.69. The van der Waals surface area contributed by atoms with Crippen molar-refractivity contribution in [1.82, 2.24) is 9.55 Å². The van der Waals surface area contributed by atoms with Crippen molar-refractivity contribution in [3.05, 3.63) is 37.6 Å². The van der Waals surface area contributed by atoms with Gasteiger partial charge in [-0.15, -0.1) is 0 Å². The van der Waals surface area contributed by atoms with Crippen molar-refractivity contribution in [1.29, 1.82) is 0 Å². The van der Waals surface area contributed by atoms with Gasteiger partial charge in [-0.3, -0.25) is 14.3 Å². The van der Waals surface area contributed by atoms with Crippen LogP contribution in [0.2, 0.25) is 0 Å². The van der Waals surface area contributed by atoms with E-state index in [0.29, 0.717) is 5.56 Å². The molecule has 0 amide bonds. The Bertz CT molecular complexity index is 546. The van der Waals surface area contributed by atoms with E-state index in [0.717, 1.165) is 12.8 Å². The lowest BCUT2D eigenvalue weighted by Crippen LogP contribution is -2.33. The van der Waals surface area contributed by atoms with Crippen molar-refractivity contribution < 1.29 is 4.74 Å². The van der Waals surface area contributed by atoms with Gasteiger partial charge in [0.1, 0.15) is 6.23 Å². The van der Waals surface area contributed by atoms with E-state index in [1.54, 1.807) is 11.1 Å². The van der Waals surface area contributed by atoms with Gasteiger partial charge in [-0.2, -0.15) is 0 Å². The van der Waals surface area contributed by atoms with Gasteiger partial charge in [-0.1, -0.05) is 15.9 Å². The third kappa shape index (κ3) is 2.58. The number of hydrogen-bond acceptors (Lipinski definition) is 3. The van der Waals surface area contributed by atoms with Crippen LogP contribution in [0.25, 0.3) is 6.08 Å². The van der Waals surface area contributed by atoms with Crippen LogP contribution in [0.3, 0.4) is 0 Å². The van der Waals surface area contributed by atoms with Crippen molar-refractivity contribution >= 4 is 22.0 Å². The molecule has 0 spiro atoms. The number of rotatable bonds is 2. The van der Waals surface area contributed by atoms with Gasteiger partial charge in [-0.25, -0.2) is 4.79 Å². The maximum Gasteiger partial charge on any atom is 0.330 e. The molecule has 1 saturated heterocycles. The number of nitrogens with one attached hydrogen (secondary N) is 1. The summed E-state index contributed by atoms with van der Waals surface area (Å²) in [6, 6.07) is 0. The number of H-pyrrole nitrogens is 1. The first-order valence-electron chi connectivity index (χ1n) is 5.39. The first-order valence-corrected chi connectivity index (χ1v) is 6.31. The topological polar surface area (TPSA) is 64.1 Å². The maximum absolute atomic E-state index is 11.7. The fourth-order valence-corrected chi connectivity index (χ4v) is 2.17. The Hall–Kier alpha value is -1.14. The number of ether oxygens (including phenoxy) is 1. The Balaban J connectivity index is 2.43. The minimum absolute atomic E-state index is 0.147. The van der Waals surface area contributed by atoms with Crippen LogP contribution in [-0.2, 0) is 4.74 Å². The second-order valence-corrected chi connectivity index (χ2v) is 4.55. The van der Waals surface area contributed by atoms with Gasteiger partial charge >= 0.3 is 5.69 Å². The monoisotopic (exact) mass is 300 g/mol. The lowest BCUT2D eigenvalue weighted by molar-refractivity contribution is 0.00788. The number of hydrogen-bond donors (Lipinski definition) is 1. The van der Waals surface area contributed by atoms with Gasteiger partial charge < -0.3 is 4.74 Å². The molecule has 0 radical (unpaired) electrons. The number of halogens is 1. The molecule has 0 aliphatic carbocycles.